The Hall–Kier alpha value is -3.35. The first-order chi connectivity index (χ1) is 12.8. The minimum Gasteiger partial charge on any atom is -0.805 e. The van der Waals surface area contributed by atoms with E-state index >= 15 is 0 Å². The van der Waals surface area contributed by atoms with E-state index in [-0.39, 0.29) is 29.0 Å². The molecule has 3 rings (SSSR count). The molecule has 0 aliphatic heterocycles. The van der Waals surface area contributed by atoms with Crippen molar-refractivity contribution in [3.8, 4) is 5.75 Å². The topological polar surface area (TPSA) is 89.3 Å². The van der Waals surface area contributed by atoms with E-state index in [0.717, 1.165) is 16.7 Å². The van der Waals surface area contributed by atoms with Crippen LogP contribution in [0.25, 0.3) is 11.0 Å². The average molecular weight is 367 g/mol. The minimum atomic E-state index is -0.594. The van der Waals surface area contributed by atoms with Gasteiger partial charge in [-0.15, -0.1) is 0 Å². The first-order valence-corrected chi connectivity index (χ1v) is 8.51. The number of amides is 1. The number of nitrogens with zero attached hydrogens (tertiary/aromatic N) is 2. The molecule has 0 bridgehead atoms. The molecule has 0 atom stereocenters. The Balaban J connectivity index is 1.96. The lowest BCUT2D eigenvalue weighted by Gasteiger charge is -2.17. The molecule has 3 aromatic rings. The molecule has 7 nitrogen and oxygen atoms in total. The lowest BCUT2D eigenvalue weighted by molar-refractivity contribution is -0.468. The van der Waals surface area contributed by atoms with Crippen molar-refractivity contribution in [3.63, 3.8) is 0 Å². The summed E-state index contributed by atoms with van der Waals surface area (Å²) < 4.78 is 6.27. The van der Waals surface area contributed by atoms with Crippen LogP contribution in [-0.4, -0.2) is 17.7 Å². The molecule has 7 heteroatoms. The van der Waals surface area contributed by atoms with Gasteiger partial charge >= 0.3 is 11.6 Å². The SMILES string of the molecule is COc1ccc(CNC(=O)c2c(C)n([O-])c3cc(C)c(C)cc3[n+]2=O)cc1. The first kappa shape index (κ1) is 18.4. The Labute approximate surface area is 156 Å². The average Bonchev–Trinajstić information content (AvgIpc) is 2.66. The lowest BCUT2D eigenvalue weighted by Crippen LogP contribution is -2.36. The highest BCUT2D eigenvalue weighted by Gasteiger charge is 2.27. The van der Waals surface area contributed by atoms with Gasteiger partial charge in [0.2, 0.25) is 0 Å². The largest absolute Gasteiger partial charge is 0.805 e. The number of hydrogen-bond acceptors (Lipinski definition) is 4. The zero-order chi connectivity index (χ0) is 19.7. The van der Waals surface area contributed by atoms with Gasteiger partial charge in [-0.25, -0.2) is 0 Å². The molecule has 0 spiro atoms. The predicted octanol–water partition coefficient (Wildman–Crippen LogP) is 2.77. The zero-order valence-corrected chi connectivity index (χ0v) is 15.7. The third-order valence-electron chi connectivity index (χ3n) is 4.71. The molecule has 0 fully saturated rings. The Morgan fingerprint density at radius 1 is 1.15 bits per heavy atom. The minimum absolute atomic E-state index is 0.0629. The molecular weight excluding hydrogens is 346 g/mol. The van der Waals surface area contributed by atoms with Crippen LogP contribution in [0.4, 0.5) is 0 Å². The number of benzene rings is 2. The van der Waals surface area contributed by atoms with Crippen LogP contribution in [0.1, 0.15) is 32.9 Å². The fourth-order valence-electron chi connectivity index (χ4n) is 2.92. The smallest absolute Gasteiger partial charge is 0.346 e. The summed E-state index contributed by atoms with van der Waals surface area (Å²) in [5.74, 6) is 0.119. The summed E-state index contributed by atoms with van der Waals surface area (Å²) in [5.41, 5.74) is 2.91. The number of carbonyl (C=O) groups is 1. The molecule has 1 amide bonds. The number of ether oxygens (including phenoxy) is 1. The number of aryl methyl sites for hydroxylation is 2. The van der Waals surface area contributed by atoms with Gasteiger partial charge in [0, 0.05) is 17.5 Å². The van der Waals surface area contributed by atoms with Crippen LogP contribution >= 0.6 is 0 Å². The van der Waals surface area contributed by atoms with Gasteiger partial charge < -0.3 is 20.0 Å². The number of aromatic nitrogens is 2. The maximum absolute atomic E-state index is 12.8. The number of nitrogens with one attached hydrogen (secondary N) is 1. The Bertz CT molecular complexity index is 1090. The predicted molar refractivity (Wildman–Crippen MR) is 102 cm³/mol. The molecule has 1 N–H and O–H groups in total. The highest BCUT2D eigenvalue weighted by molar-refractivity contribution is 5.93. The third-order valence-corrected chi connectivity index (χ3v) is 4.71. The van der Waals surface area contributed by atoms with Crippen LogP contribution in [0.5, 0.6) is 5.75 Å². The standard InChI is InChI=1S/C20H21N3O4/c1-12-9-17-18(10-13(12)2)23(26)19(14(3)22(17)25)20(24)21-11-15-5-7-16(27-4)8-6-15/h5-10H,11H2,1-4H3,(H,21,24). The van der Waals surface area contributed by atoms with Crippen LogP contribution in [-0.2, 0) is 6.54 Å². The summed E-state index contributed by atoms with van der Waals surface area (Å²) in [7, 11) is 1.58. The summed E-state index contributed by atoms with van der Waals surface area (Å²) in [6, 6.07) is 10.5. The van der Waals surface area contributed by atoms with Crippen LogP contribution in [0.15, 0.2) is 36.4 Å². The molecule has 27 heavy (non-hydrogen) atoms. The molecule has 0 unspecified atom stereocenters. The molecule has 0 aliphatic carbocycles. The molecule has 1 aromatic heterocycles. The van der Waals surface area contributed by atoms with Gasteiger partial charge in [0.15, 0.2) is 0 Å². The highest BCUT2D eigenvalue weighted by Crippen LogP contribution is 2.19. The maximum atomic E-state index is 12.8. The van der Waals surface area contributed by atoms with Crippen molar-refractivity contribution in [2.45, 2.75) is 27.3 Å². The molecule has 0 saturated heterocycles. The molecule has 2 aromatic carbocycles. The van der Waals surface area contributed by atoms with E-state index in [0.29, 0.717) is 14.9 Å². The van der Waals surface area contributed by atoms with E-state index in [1.54, 1.807) is 31.4 Å². The van der Waals surface area contributed by atoms with E-state index in [1.807, 2.05) is 26.0 Å². The molecular formula is C20H21N3O4. The van der Waals surface area contributed by atoms with Crippen molar-refractivity contribution >= 4 is 16.9 Å². The van der Waals surface area contributed by atoms with Crippen molar-refractivity contribution in [1.82, 2.24) is 10.0 Å². The van der Waals surface area contributed by atoms with Gasteiger partial charge in [0.1, 0.15) is 11.3 Å². The summed E-state index contributed by atoms with van der Waals surface area (Å²) >= 11 is 0. The Morgan fingerprint density at radius 2 is 1.78 bits per heavy atom. The molecule has 0 saturated carbocycles. The van der Waals surface area contributed by atoms with Crippen LogP contribution in [0.2, 0.25) is 0 Å². The second kappa shape index (κ2) is 7.11. The van der Waals surface area contributed by atoms with Crippen LogP contribution in [0.3, 0.4) is 0 Å². The Morgan fingerprint density at radius 3 is 2.41 bits per heavy atom. The number of hydrogen-bond donors (Lipinski definition) is 1. The van der Waals surface area contributed by atoms with Crippen molar-refractivity contribution in [2.24, 2.45) is 0 Å². The van der Waals surface area contributed by atoms with Gasteiger partial charge in [-0.1, -0.05) is 12.1 Å². The van der Waals surface area contributed by atoms with Gasteiger partial charge in [0.25, 0.3) is 5.52 Å². The summed E-state index contributed by atoms with van der Waals surface area (Å²) in [6.45, 7) is 5.42. The number of rotatable bonds is 4. The van der Waals surface area contributed by atoms with Gasteiger partial charge in [-0.2, -0.15) is 0 Å². The number of fused-ring (bicyclic) bond motifs is 1. The third kappa shape index (κ3) is 3.36. The van der Waals surface area contributed by atoms with Gasteiger partial charge in [-0.05, 0) is 55.7 Å². The van der Waals surface area contributed by atoms with Gasteiger partial charge in [-0.3, -0.25) is 4.79 Å². The monoisotopic (exact) mass is 367 g/mol. The quantitative estimate of drug-likeness (QED) is 0.718. The lowest BCUT2D eigenvalue weighted by atomic mass is 10.1. The normalized spacial score (nSPS) is 10.8. The summed E-state index contributed by atoms with van der Waals surface area (Å²) in [4.78, 5) is 25.4. The molecule has 0 aliphatic rings. The van der Waals surface area contributed by atoms with Crippen LogP contribution < -0.4 is 14.5 Å². The van der Waals surface area contributed by atoms with E-state index in [9.17, 15) is 14.9 Å². The maximum Gasteiger partial charge on any atom is 0.346 e. The first-order valence-electron chi connectivity index (χ1n) is 8.51. The number of methoxy groups -OCH3 is 1. The van der Waals surface area contributed by atoms with Crippen LogP contribution in [0, 0.1) is 30.9 Å². The van der Waals surface area contributed by atoms with E-state index < -0.39 is 5.91 Å². The van der Waals surface area contributed by atoms with Crippen molar-refractivity contribution < 1.29 is 14.0 Å². The number of carbonyl (C=O) groups excluding carboxylic acids is 1. The second-order valence-electron chi connectivity index (χ2n) is 6.48. The molecule has 1 heterocycles. The van der Waals surface area contributed by atoms with E-state index in [2.05, 4.69) is 5.32 Å². The fourth-order valence-corrected chi connectivity index (χ4v) is 2.92. The molecule has 140 valence electrons. The fraction of sp³-hybridized carbons (Fsp3) is 0.250. The Kier molecular flexibility index (Phi) is 4.85. The zero-order valence-electron chi connectivity index (χ0n) is 15.7. The highest BCUT2D eigenvalue weighted by atomic mass is 16.5. The van der Waals surface area contributed by atoms with Crippen molar-refractivity contribution in [1.29, 1.82) is 0 Å². The summed E-state index contributed by atoms with van der Waals surface area (Å²) in [5, 5.41) is 15.3. The summed E-state index contributed by atoms with van der Waals surface area (Å²) in [6.07, 6.45) is 0. The van der Waals surface area contributed by atoms with Crippen molar-refractivity contribution in [2.75, 3.05) is 7.11 Å². The van der Waals surface area contributed by atoms with Crippen molar-refractivity contribution in [3.05, 3.63) is 74.6 Å². The molecule has 0 radical (unpaired) electrons. The van der Waals surface area contributed by atoms with Gasteiger partial charge in [0.05, 0.1) is 17.2 Å². The van der Waals surface area contributed by atoms with E-state index in [4.69, 9.17) is 4.74 Å². The second-order valence-corrected chi connectivity index (χ2v) is 6.48. The van der Waals surface area contributed by atoms with E-state index in [1.165, 1.54) is 6.92 Å².